The molecule has 1 unspecified atom stereocenters. The number of hydrogen-bond donors (Lipinski definition) is 1. The molecule has 2 aliphatic rings. The Balaban J connectivity index is 1.79. The molecule has 1 aromatic heterocycles. The summed E-state index contributed by atoms with van der Waals surface area (Å²) in [4.78, 5) is 2.56. The highest BCUT2D eigenvalue weighted by molar-refractivity contribution is 6.31. The Bertz CT molecular complexity index is 504. The van der Waals surface area contributed by atoms with Gasteiger partial charge in [-0.25, -0.2) is 0 Å². The van der Waals surface area contributed by atoms with Crippen molar-refractivity contribution in [3.8, 4) is 0 Å². The summed E-state index contributed by atoms with van der Waals surface area (Å²) < 4.78 is 1.93. The van der Waals surface area contributed by atoms with Gasteiger partial charge in [-0.15, -0.1) is 0 Å². The molecule has 20 heavy (non-hydrogen) atoms. The van der Waals surface area contributed by atoms with Gasteiger partial charge in [0.25, 0.3) is 0 Å². The SMILES string of the molecule is Cc1nn(C)c(CN2CC(C3CC3)NCC2(C)C)c1Cl. The van der Waals surface area contributed by atoms with Crippen LogP contribution in [0.3, 0.4) is 0 Å². The summed E-state index contributed by atoms with van der Waals surface area (Å²) in [5.41, 5.74) is 2.22. The van der Waals surface area contributed by atoms with E-state index in [1.165, 1.54) is 12.8 Å². The average Bonchev–Trinajstić information content (AvgIpc) is 3.17. The number of aryl methyl sites for hydroxylation is 2. The molecule has 0 radical (unpaired) electrons. The minimum absolute atomic E-state index is 0.160. The Morgan fingerprint density at radius 1 is 1.40 bits per heavy atom. The number of hydrogen-bond acceptors (Lipinski definition) is 3. The van der Waals surface area contributed by atoms with E-state index in [0.717, 1.165) is 42.0 Å². The predicted molar refractivity (Wildman–Crippen MR) is 82.0 cm³/mol. The van der Waals surface area contributed by atoms with E-state index in [0.29, 0.717) is 6.04 Å². The van der Waals surface area contributed by atoms with Gasteiger partial charge < -0.3 is 5.32 Å². The van der Waals surface area contributed by atoms with Crippen LogP contribution in [0.2, 0.25) is 5.02 Å². The lowest BCUT2D eigenvalue weighted by molar-refractivity contribution is 0.0512. The number of nitrogens with one attached hydrogen (secondary N) is 1. The fraction of sp³-hybridized carbons (Fsp3) is 0.800. The quantitative estimate of drug-likeness (QED) is 0.929. The molecule has 112 valence electrons. The summed E-state index contributed by atoms with van der Waals surface area (Å²) in [6.45, 7) is 9.62. The maximum absolute atomic E-state index is 6.41. The van der Waals surface area contributed by atoms with Gasteiger partial charge in [-0.1, -0.05) is 11.6 Å². The molecule has 1 saturated heterocycles. The molecule has 0 amide bonds. The number of aromatic nitrogens is 2. The first-order valence-corrected chi connectivity index (χ1v) is 7.92. The Labute approximate surface area is 126 Å². The fourth-order valence-electron chi connectivity index (χ4n) is 3.17. The van der Waals surface area contributed by atoms with Crippen molar-refractivity contribution >= 4 is 11.6 Å². The van der Waals surface area contributed by atoms with Crippen LogP contribution in [-0.2, 0) is 13.6 Å². The third-order valence-corrected chi connectivity index (χ3v) is 5.35. The number of halogens is 1. The third kappa shape index (κ3) is 2.61. The van der Waals surface area contributed by atoms with Crippen molar-refractivity contribution in [2.45, 2.75) is 51.7 Å². The van der Waals surface area contributed by atoms with Crippen LogP contribution in [0.1, 0.15) is 38.1 Å². The largest absolute Gasteiger partial charge is 0.311 e. The second kappa shape index (κ2) is 5.00. The highest BCUT2D eigenvalue weighted by Gasteiger charge is 2.40. The zero-order valence-electron chi connectivity index (χ0n) is 12.9. The molecular formula is C15H25ClN4. The molecule has 0 bridgehead atoms. The molecule has 2 fully saturated rings. The van der Waals surface area contributed by atoms with E-state index in [4.69, 9.17) is 11.6 Å². The van der Waals surface area contributed by atoms with E-state index in [1.54, 1.807) is 0 Å². The number of nitrogens with zero attached hydrogens (tertiary/aromatic N) is 3. The Morgan fingerprint density at radius 3 is 2.65 bits per heavy atom. The van der Waals surface area contributed by atoms with Crippen LogP contribution in [0.5, 0.6) is 0 Å². The van der Waals surface area contributed by atoms with E-state index in [-0.39, 0.29) is 5.54 Å². The molecule has 1 aliphatic carbocycles. The standard InChI is InChI=1S/C15H25ClN4/c1-10-14(16)13(19(4)18-10)8-20-7-12(11-5-6-11)17-9-15(20,2)3/h11-12,17H,5-9H2,1-4H3. The molecule has 1 atom stereocenters. The maximum Gasteiger partial charge on any atom is 0.0860 e. The Morgan fingerprint density at radius 2 is 2.10 bits per heavy atom. The van der Waals surface area contributed by atoms with Crippen molar-refractivity contribution in [1.29, 1.82) is 0 Å². The molecule has 1 saturated carbocycles. The smallest absolute Gasteiger partial charge is 0.0860 e. The summed E-state index contributed by atoms with van der Waals surface area (Å²) in [7, 11) is 1.99. The van der Waals surface area contributed by atoms with Gasteiger partial charge in [0.15, 0.2) is 0 Å². The van der Waals surface area contributed by atoms with Crippen molar-refractivity contribution in [1.82, 2.24) is 20.0 Å². The molecule has 1 aromatic rings. The molecule has 0 aromatic carbocycles. The van der Waals surface area contributed by atoms with Crippen molar-refractivity contribution in [2.75, 3.05) is 13.1 Å². The molecule has 3 rings (SSSR count). The van der Waals surface area contributed by atoms with Crippen molar-refractivity contribution < 1.29 is 0 Å². The zero-order chi connectivity index (χ0) is 14.5. The zero-order valence-corrected chi connectivity index (χ0v) is 13.7. The lowest BCUT2D eigenvalue weighted by Gasteiger charge is -2.46. The van der Waals surface area contributed by atoms with Crippen molar-refractivity contribution in [3.05, 3.63) is 16.4 Å². The summed E-state index contributed by atoms with van der Waals surface area (Å²) >= 11 is 6.41. The van der Waals surface area contributed by atoms with E-state index >= 15 is 0 Å². The van der Waals surface area contributed by atoms with E-state index in [2.05, 4.69) is 29.2 Å². The lowest BCUT2D eigenvalue weighted by atomic mass is 9.95. The van der Waals surface area contributed by atoms with Gasteiger partial charge in [-0.2, -0.15) is 5.10 Å². The first-order valence-electron chi connectivity index (χ1n) is 7.55. The van der Waals surface area contributed by atoms with E-state index < -0.39 is 0 Å². The van der Waals surface area contributed by atoms with Gasteiger partial charge in [0.1, 0.15) is 0 Å². The van der Waals surface area contributed by atoms with Crippen LogP contribution in [0.4, 0.5) is 0 Å². The third-order valence-electron chi connectivity index (χ3n) is 4.86. The summed E-state index contributed by atoms with van der Waals surface area (Å²) in [6, 6.07) is 0.649. The van der Waals surface area contributed by atoms with Crippen LogP contribution >= 0.6 is 11.6 Å². The Hall–Kier alpha value is -0.580. The summed E-state index contributed by atoms with van der Waals surface area (Å²) in [6.07, 6.45) is 2.77. The van der Waals surface area contributed by atoms with Crippen LogP contribution in [0.15, 0.2) is 0 Å². The van der Waals surface area contributed by atoms with Gasteiger partial charge >= 0.3 is 0 Å². The minimum Gasteiger partial charge on any atom is -0.311 e. The van der Waals surface area contributed by atoms with Gasteiger partial charge in [-0.3, -0.25) is 9.58 Å². The normalized spacial score (nSPS) is 26.9. The monoisotopic (exact) mass is 296 g/mol. The molecule has 1 aliphatic heterocycles. The van der Waals surface area contributed by atoms with Crippen LogP contribution < -0.4 is 5.32 Å². The first kappa shape index (κ1) is 14.4. The molecule has 1 N–H and O–H groups in total. The summed E-state index contributed by atoms with van der Waals surface area (Å²) in [5.74, 6) is 0.886. The van der Waals surface area contributed by atoms with E-state index in [1.807, 2.05) is 18.7 Å². The van der Waals surface area contributed by atoms with Crippen LogP contribution in [0.25, 0.3) is 0 Å². The van der Waals surface area contributed by atoms with Gasteiger partial charge in [0.2, 0.25) is 0 Å². The second-order valence-corrected chi connectivity index (χ2v) is 7.37. The van der Waals surface area contributed by atoms with Crippen LogP contribution in [0, 0.1) is 12.8 Å². The lowest BCUT2D eigenvalue weighted by Crippen LogP contribution is -2.62. The highest BCUT2D eigenvalue weighted by atomic mass is 35.5. The maximum atomic E-state index is 6.41. The number of piperazine rings is 1. The Kier molecular flexibility index (Phi) is 3.59. The number of rotatable bonds is 3. The molecule has 4 nitrogen and oxygen atoms in total. The van der Waals surface area contributed by atoms with E-state index in [9.17, 15) is 0 Å². The summed E-state index contributed by atoms with van der Waals surface area (Å²) in [5, 5.41) is 8.98. The van der Waals surface area contributed by atoms with Gasteiger partial charge in [-0.05, 0) is 39.5 Å². The fourth-order valence-corrected chi connectivity index (χ4v) is 3.39. The average molecular weight is 297 g/mol. The topological polar surface area (TPSA) is 33.1 Å². The molecular weight excluding hydrogens is 272 g/mol. The first-order chi connectivity index (χ1) is 9.38. The van der Waals surface area contributed by atoms with Gasteiger partial charge in [0.05, 0.1) is 16.4 Å². The second-order valence-electron chi connectivity index (χ2n) is 6.99. The van der Waals surface area contributed by atoms with Crippen LogP contribution in [-0.4, -0.2) is 39.4 Å². The van der Waals surface area contributed by atoms with Crippen molar-refractivity contribution in [2.24, 2.45) is 13.0 Å². The minimum atomic E-state index is 0.160. The van der Waals surface area contributed by atoms with Crippen molar-refractivity contribution in [3.63, 3.8) is 0 Å². The van der Waals surface area contributed by atoms with Gasteiger partial charge in [0, 0.05) is 38.3 Å². The molecule has 2 heterocycles. The predicted octanol–water partition coefficient (Wildman–Crippen LogP) is 2.34. The molecule has 0 spiro atoms. The highest BCUT2D eigenvalue weighted by Crippen LogP contribution is 2.36. The molecule has 5 heteroatoms.